The molecule has 1 amide bonds. The van der Waals surface area contributed by atoms with E-state index < -0.39 is 5.54 Å². The van der Waals surface area contributed by atoms with Crippen molar-refractivity contribution in [2.75, 3.05) is 38.2 Å². The highest BCUT2D eigenvalue weighted by Crippen LogP contribution is 2.33. The van der Waals surface area contributed by atoms with Crippen LogP contribution in [0.2, 0.25) is 0 Å². The van der Waals surface area contributed by atoms with Crippen LogP contribution in [0.15, 0.2) is 30.5 Å². The molecule has 0 unspecified atom stereocenters. The Balaban J connectivity index is 1.43. The molecule has 2 heterocycles. The second kappa shape index (κ2) is 6.20. The third-order valence-corrected chi connectivity index (χ3v) is 5.03. The molecule has 6 heteroatoms. The van der Waals surface area contributed by atoms with Crippen LogP contribution in [0.25, 0.3) is 10.9 Å². The number of nitrogens with two attached hydrogens (primary N) is 1. The molecule has 0 radical (unpaired) electrons. The molecule has 0 atom stereocenters. The maximum atomic E-state index is 12.1. The van der Waals surface area contributed by atoms with Crippen LogP contribution >= 0.6 is 0 Å². The Morgan fingerprint density at radius 1 is 1.21 bits per heavy atom. The van der Waals surface area contributed by atoms with Crippen LogP contribution in [0.5, 0.6) is 0 Å². The van der Waals surface area contributed by atoms with Crippen molar-refractivity contribution in [3.63, 3.8) is 0 Å². The summed E-state index contributed by atoms with van der Waals surface area (Å²) in [5, 5.41) is 4.07. The largest absolute Gasteiger partial charge is 0.379 e. The van der Waals surface area contributed by atoms with Gasteiger partial charge in [0, 0.05) is 49.0 Å². The maximum absolute atomic E-state index is 12.1. The lowest BCUT2D eigenvalue weighted by Gasteiger charge is -2.26. The van der Waals surface area contributed by atoms with E-state index in [1.807, 2.05) is 12.1 Å². The molecule has 2 aliphatic rings. The lowest BCUT2D eigenvalue weighted by atomic mass is 10.2. The van der Waals surface area contributed by atoms with E-state index >= 15 is 0 Å². The lowest BCUT2D eigenvalue weighted by molar-refractivity contribution is -0.118. The van der Waals surface area contributed by atoms with Gasteiger partial charge in [-0.25, -0.2) is 0 Å². The van der Waals surface area contributed by atoms with Crippen molar-refractivity contribution < 1.29 is 9.53 Å². The third kappa shape index (κ3) is 3.17. The van der Waals surface area contributed by atoms with Crippen molar-refractivity contribution >= 4 is 22.5 Å². The summed E-state index contributed by atoms with van der Waals surface area (Å²) in [5.41, 5.74) is 7.30. The smallest absolute Gasteiger partial charge is 0.244 e. The van der Waals surface area contributed by atoms with E-state index in [0.29, 0.717) is 0 Å². The molecular formula is C18H24N4O2. The van der Waals surface area contributed by atoms with E-state index in [4.69, 9.17) is 10.5 Å². The van der Waals surface area contributed by atoms with Gasteiger partial charge in [-0.1, -0.05) is 0 Å². The zero-order chi connectivity index (χ0) is 16.6. The third-order valence-electron chi connectivity index (χ3n) is 5.03. The molecule has 3 N–H and O–H groups in total. The average molecular weight is 328 g/mol. The number of carbonyl (C=O) groups excluding carboxylic acids is 1. The Morgan fingerprint density at radius 3 is 2.75 bits per heavy atom. The Bertz CT molecular complexity index is 745. The molecule has 1 saturated heterocycles. The van der Waals surface area contributed by atoms with Crippen molar-refractivity contribution in [3.8, 4) is 0 Å². The normalized spacial score (nSPS) is 20.2. The van der Waals surface area contributed by atoms with E-state index in [-0.39, 0.29) is 5.91 Å². The number of nitrogens with zero attached hydrogens (tertiary/aromatic N) is 2. The van der Waals surface area contributed by atoms with Gasteiger partial charge in [0.2, 0.25) is 5.91 Å². The molecule has 1 aromatic carbocycles. The number of anilines is 1. The minimum atomic E-state index is -0.640. The number of morpholine rings is 1. The summed E-state index contributed by atoms with van der Waals surface area (Å²) in [6.07, 6.45) is 3.67. The van der Waals surface area contributed by atoms with Gasteiger partial charge in [-0.15, -0.1) is 0 Å². The first-order valence-electron chi connectivity index (χ1n) is 8.63. The fraction of sp³-hybridized carbons (Fsp3) is 0.500. The molecule has 1 aromatic heterocycles. The summed E-state index contributed by atoms with van der Waals surface area (Å²) in [6, 6.07) is 8.14. The molecular weight excluding hydrogens is 304 g/mol. The highest BCUT2D eigenvalue weighted by molar-refractivity contribution is 6.01. The zero-order valence-electron chi connectivity index (χ0n) is 13.8. The van der Waals surface area contributed by atoms with E-state index in [1.165, 1.54) is 5.52 Å². The summed E-state index contributed by atoms with van der Waals surface area (Å²) in [4.78, 5) is 14.5. The van der Waals surface area contributed by atoms with Crippen molar-refractivity contribution in [1.82, 2.24) is 9.47 Å². The number of nitrogens with one attached hydrogen (secondary N) is 1. The second-order valence-electron chi connectivity index (χ2n) is 6.85. The van der Waals surface area contributed by atoms with Gasteiger partial charge in [0.05, 0.1) is 18.8 Å². The van der Waals surface area contributed by atoms with Gasteiger partial charge in [0.25, 0.3) is 0 Å². The SMILES string of the molecule is NC1(C(=O)Nc2ccc3c(ccn3CCN3CCOCC3)c2)CC1. The predicted octanol–water partition coefficient (Wildman–Crippen LogP) is 1.40. The molecule has 128 valence electrons. The van der Waals surface area contributed by atoms with Crippen LogP contribution in [0.3, 0.4) is 0 Å². The van der Waals surface area contributed by atoms with Crippen LogP contribution in [-0.4, -0.2) is 53.8 Å². The Hall–Kier alpha value is -1.89. The first kappa shape index (κ1) is 15.6. The summed E-state index contributed by atoms with van der Waals surface area (Å²) in [6.45, 7) is 5.67. The number of rotatable bonds is 5. The topological polar surface area (TPSA) is 72.5 Å². The first-order chi connectivity index (χ1) is 11.6. The lowest BCUT2D eigenvalue weighted by Crippen LogP contribution is -2.38. The highest BCUT2D eigenvalue weighted by atomic mass is 16.5. The van der Waals surface area contributed by atoms with Crippen LogP contribution in [-0.2, 0) is 16.1 Å². The Kier molecular flexibility index (Phi) is 4.04. The van der Waals surface area contributed by atoms with Crippen LogP contribution in [0, 0.1) is 0 Å². The molecule has 2 aromatic rings. The van der Waals surface area contributed by atoms with Crippen molar-refractivity contribution in [2.24, 2.45) is 5.73 Å². The van der Waals surface area contributed by atoms with Gasteiger partial charge in [-0.2, -0.15) is 0 Å². The van der Waals surface area contributed by atoms with Gasteiger partial charge >= 0.3 is 0 Å². The molecule has 24 heavy (non-hydrogen) atoms. The summed E-state index contributed by atoms with van der Waals surface area (Å²) < 4.78 is 7.65. The number of amides is 1. The first-order valence-corrected chi connectivity index (χ1v) is 8.63. The monoisotopic (exact) mass is 328 g/mol. The van der Waals surface area contributed by atoms with E-state index in [1.54, 1.807) is 0 Å². The average Bonchev–Trinajstić information content (AvgIpc) is 3.23. The summed E-state index contributed by atoms with van der Waals surface area (Å²) in [5.74, 6) is -0.0754. The molecule has 1 saturated carbocycles. The zero-order valence-corrected chi connectivity index (χ0v) is 13.8. The van der Waals surface area contributed by atoms with Crippen molar-refractivity contribution in [1.29, 1.82) is 0 Å². The molecule has 6 nitrogen and oxygen atoms in total. The fourth-order valence-corrected chi connectivity index (χ4v) is 3.16. The quantitative estimate of drug-likeness (QED) is 0.870. The fourth-order valence-electron chi connectivity index (χ4n) is 3.16. The van der Waals surface area contributed by atoms with Gasteiger partial charge in [-0.3, -0.25) is 9.69 Å². The van der Waals surface area contributed by atoms with Gasteiger partial charge in [-0.05, 0) is 37.1 Å². The summed E-state index contributed by atoms with van der Waals surface area (Å²) in [7, 11) is 0. The molecule has 4 rings (SSSR count). The van der Waals surface area contributed by atoms with E-state index in [0.717, 1.165) is 63.3 Å². The number of ether oxygens (including phenoxy) is 1. The van der Waals surface area contributed by atoms with Crippen molar-refractivity contribution in [2.45, 2.75) is 24.9 Å². The second-order valence-corrected chi connectivity index (χ2v) is 6.85. The molecule has 0 bridgehead atoms. The predicted molar refractivity (Wildman–Crippen MR) is 94.0 cm³/mol. The number of aromatic nitrogens is 1. The van der Waals surface area contributed by atoms with Gasteiger partial charge < -0.3 is 20.4 Å². The number of benzene rings is 1. The Labute approximate surface area is 141 Å². The number of fused-ring (bicyclic) bond motifs is 1. The molecule has 2 fully saturated rings. The maximum Gasteiger partial charge on any atom is 0.244 e. The number of carbonyl (C=O) groups is 1. The minimum absolute atomic E-state index is 0.0754. The highest BCUT2D eigenvalue weighted by Gasteiger charge is 2.45. The number of hydrogen-bond donors (Lipinski definition) is 2. The number of hydrogen-bond acceptors (Lipinski definition) is 4. The Morgan fingerprint density at radius 2 is 2.00 bits per heavy atom. The molecule has 1 aliphatic carbocycles. The van der Waals surface area contributed by atoms with E-state index in [2.05, 4.69) is 33.1 Å². The summed E-state index contributed by atoms with van der Waals surface area (Å²) >= 11 is 0. The van der Waals surface area contributed by atoms with Crippen LogP contribution in [0.1, 0.15) is 12.8 Å². The molecule has 0 spiro atoms. The van der Waals surface area contributed by atoms with Crippen LogP contribution in [0.4, 0.5) is 5.69 Å². The standard InChI is InChI=1S/C18H24N4O2/c19-18(4-5-18)17(23)20-15-1-2-16-14(13-15)3-6-22(16)8-7-21-9-11-24-12-10-21/h1-3,6,13H,4-5,7-12,19H2,(H,20,23). The van der Waals surface area contributed by atoms with Crippen LogP contribution < -0.4 is 11.1 Å². The van der Waals surface area contributed by atoms with Crippen molar-refractivity contribution in [3.05, 3.63) is 30.5 Å². The minimum Gasteiger partial charge on any atom is -0.379 e. The van der Waals surface area contributed by atoms with Gasteiger partial charge in [0.1, 0.15) is 0 Å². The molecule has 1 aliphatic heterocycles. The van der Waals surface area contributed by atoms with E-state index in [9.17, 15) is 4.79 Å². The van der Waals surface area contributed by atoms with Gasteiger partial charge in [0.15, 0.2) is 0 Å².